The van der Waals surface area contributed by atoms with Crippen LogP contribution in [0.25, 0.3) is 39.0 Å². The van der Waals surface area contributed by atoms with E-state index in [1.54, 1.807) is 0 Å². The van der Waals surface area contributed by atoms with Crippen LogP contribution in [0.3, 0.4) is 0 Å². The molecule has 1 spiro atoms. The van der Waals surface area contributed by atoms with Crippen LogP contribution in [-0.4, -0.2) is 0 Å². The quantitative estimate of drug-likeness (QED) is 0.156. The van der Waals surface area contributed by atoms with Crippen molar-refractivity contribution in [3.05, 3.63) is 240 Å². The highest BCUT2D eigenvalue weighted by Crippen LogP contribution is 2.63. The molecule has 3 nitrogen and oxygen atoms in total. The summed E-state index contributed by atoms with van der Waals surface area (Å²) in [6, 6.07) is 65.6. The largest absolute Gasteiger partial charge is 0.449 e. The average Bonchev–Trinajstić information content (AvgIpc) is 3.83. The maximum atomic E-state index is 6.98. The van der Waals surface area contributed by atoms with Gasteiger partial charge in [-0.3, -0.25) is 0 Å². The molecule has 4 aliphatic rings. The summed E-state index contributed by atoms with van der Waals surface area (Å²) in [5.41, 5.74) is 19.0. The molecule has 12 rings (SSSR count). The number of nitrogens with zero attached hydrogens (tertiary/aromatic N) is 1. The van der Waals surface area contributed by atoms with Crippen molar-refractivity contribution in [2.45, 2.75) is 31.6 Å². The van der Waals surface area contributed by atoms with Gasteiger partial charge in [-0.25, -0.2) is 0 Å². The molecule has 1 heterocycles. The summed E-state index contributed by atoms with van der Waals surface area (Å²) < 4.78 is 13.9. The highest BCUT2D eigenvalue weighted by molar-refractivity contribution is 5.93. The van der Waals surface area contributed by atoms with E-state index < -0.39 is 0 Å². The van der Waals surface area contributed by atoms with Gasteiger partial charge < -0.3 is 14.4 Å². The van der Waals surface area contributed by atoms with Gasteiger partial charge >= 0.3 is 0 Å². The van der Waals surface area contributed by atoms with Crippen LogP contribution in [0.15, 0.2) is 212 Å². The van der Waals surface area contributed by atoms with Crippen LogP contribution in [0.2, 0.25) is 0 Å². The standard InChI is InChI=1S/C59H43NO2/c1-2-45-33-44-23-12-14-27-51(44)59(45)52-28-15-13-26-48(52)50-37-57-58(38-53(50)59)61-55-32-30-47(36-56(55)62-57)60(46-25-16-24-42(34-46)39-17-6-3-7-18-39)54-31-29-43(40-19-8-4-9-20-40)35-49(54)41-21-10-5-11-22-41/h2-4,6-10,12-32,34-38H,5,11,33H2,1H3/b45-2+. The lowest BCUT2D eigenvalue weighted by molar-refractivity contribution is 0.359. The highest BCUT2D eigenvalue weighted by atomic mass is 16.6. The van der Waals surface area contributed by atoms with Crippen LogP contribution in [-0.2, 0) is 11.8 Å². The fourth-order valence-electron chi connectivity index (χ4n) is 10.5. The van der Waals surface area contributed by atoms with Gasteiger partial charge in [0.15, 0.2) is 23.0 Å². The average molecular weight is 798 g/mol. The van der Waals surface area contributed by atoms with Crippen molar-refractivity contribution >= 4 is 22.6 Å². The maximum absolute atomic E-state index is 6.98. The molecule has 3 aliphatic carbocycles. The molecule has 0 N–H and O–H groups in total. The molecule has 0 radical (unpaired) electrons. The lowest BCUT2D eigenvalue weighted by atomic mass is 9.70. The smallest absolute Gasteiger partial charge is 0.172 e. The van der Waals surface area contributed by atoms with Gasteiger partial charge in [0.25, 0.3) is 0 Å². The third kappa shape index (κ3) is 5.65. The fourth-order valence-corrected chi connectivity index (χ4v) is 10.5. The van der Waals surface area contributed by atoms with Gasteiger partial charge in [0.1, 0.15) is 0 Å². The first kappa shape index (κ1) is 36.2. The van der Waals surface area contributed by atoms with Crippen LogP contribution >= 0.6 is 0 Å². The molecular weight excluding hydrogens is 755 g/mol. The Morgan fingerprint density at radius 2 is 1.16 bits per heavy atom. The van der Waals surface area contributed by atoms with Gasteiger partial charge in [-0.05, 0) is 136 Å². The van der Waals surface area contributed by atoms with Crippen molar-refractivity contribution in [1.29, 1.82) is 0 Å². The summed E-state index contributed by atoms with van der Waals surface area (Å²) in [6.07, 6.45) is 12.2. The predicted octanol–water partition coefficient (Wildman–Crippen LogP) is 15.9. The predicted molar refractivity (Wildman–Crippen MR) is 254 cm³/mol. The van der Waals surface area contributed by atoms with E-state index in [0.717, 1.165) is 53.4 Å². The number of hydrogen-bond acceptors (Lipinski definition) is 3. The summed E-state index contributed by atoms with van der Waals surface area (Å²) in [6.45, 7) is 2.18. The molecule has 0 aromatic heterocycles. The number of hydrogen-bond donors (Lipinski definition) is 0. The highest BCUT2D eigenvalue weighted by Gasteiger charge is 2.51. The van der Waals surface area contributed by atoms with Gasteiger partial charge in [-0.1, -0.05) is 157 Å². The zero-order valence-corrected chi connectivity index (χ0v) is 34.5. The van der Waals surface area contributed by atoms with Gasteiger partial charge in [-0.15, -0.1) is 0 Å². The minimum Gasteiger partial charge on any atom is -0.449 e. The molecule has 3 heteroatoms. The zero-order chi connectivity index (χ0) is 41.2. The molecule has 1 unspecified atom stereocenters. The van der Waals surface area contributed by atoms with Gasteiger partial charge in [0, 0.05) is 17.3 Å². The summed E-state index contributed by atoms with van der Waals surface area (Å²) in [5, 5.41) is 0. The summed E-state index contributed by atoms with van der Waals surface area (Å²) in [4.78, 5) is 2.37. The summed E-state index contributed by atoms with van der Waals surface area (Å²) in [5.74, 6) is 2.83. The Bertz CT molecular complexity index is 3170. The molecule has 0 saturated heterocycles. The number of allylic oxidation sites excluding steroid dienone is 6. The second-order valence-electron chi connectivity index (χ2n) is 16.6. The molecule has 62 heavy (non-hydrogen) atoms. The minimum absolute atomic E-state index is 0.370. The first-order chi connectivity index (χ1) is 30.7. The van der Waals surface area contributed by atoms with Crippen molar-refractivity contribution in [1.82, 2.24) is 0 Å². The monoisotopic (exact) mass is 797 g/mol. The van der Waals surface area contributed by atoms with Crippen molar-refractivity contribution < 1.29 is 9.47 Å². The van der Waals surface area contributed by atoms with Crippen LogP contribution in [0.1, 0.15) is 47.6 Å². The molecule has 0 saturated carbocycles. The Morgan fingerprint density at radius 1 is 0.484 bits per heavy atom. The molecule has 0 bridgehead atoms. The van der Waals surface area contributed by atoms with E-state index >= 15 is 0 Å². The van der Waals surface area contributed by atoms with Crippen molar-refractivity contribution in [3.63, 3.8) is 0 Å². The molecule has 0 amide bonds. The molecule has 0 fully saturated rings. The number of anilines is 3. The topological polar surface area (TPSA) is 21.7 Å². The van der Waals surface area contributed by atoms with Crippen LogP contribution < -0.4 is 14.4 Å². The van der Waals surface area contributed by atoms with E-state index in [2.05, 4.69) is 218 Å². The molecule has 1 aliphatic heterocycles. The van der Waals surface area contributed by atoms with E-state index in [1.807, 2.05) is 0 Å². The fraction of sp³-hybridized carbons (Fsp3) is 0.0847. The second-order valence-corrected chi connectivity index (χ2v) is 16.6. The third-order valence-electron chi connectivity index (χ3n) is 13.2. The van der Waals surface area contributed by atoms with Crippen LogP contribution in [0.4, 0.5) is 17.1 Å². The van der Waals surface area contributed by atoms with Crippen molar-refractivity contribution in [2.75, 3.05) is 4.90 Å². The van der Waals surface area contributed by atoms with Crippen LogP contribution in [0.5, 0.6) is 23.0 Å². The van der Waals surface area contributed by atoms with E-state index in [4.69, 9.17) is 9.47 Å². The normalized spacial score (nSPS) is 17.0. The third-order valence-corrected chi connectivity index (χ3v) is 13.2. The lowest BCUT2D eigenvalue weighted by Gasteiger charge is -2.32. The minimum atomic E-state index is -0.370. The zero-order valence-electron chi connectivity index (χ0n) is 34.5. The van der Waals surface area contributed by atoms with E-state index in [0.29, 0.717) is 11.5 Å². The van der Waals surface area contributed by atoms with Gasteiger partial charge in [0.05, 0.1) is 16.8 Å². The Balaban J connectivity index is 1.01. The van der Waals surface area contributed by atoms with Crippen LogP contribution in [0, 0.1) is 0 Å². The van der Waals surface area contributed by atoms with Crippen molar-refractivity contribution in [3.8, 4) is 56.4 Å². The van der Waals surface area contributed by atoms with E-state index in [9.17, 15) is 0 Å². The summed E-state index contributed by atoms with van der Waals surface area (Å²) >= 11 is 0. The molecule has 8 aromatic rings. The lowest BCUT2D eigenvalue weighted by Crippen LogP contribution is -2.26. The first-order valence-electron chi connectivity index (χ1n) is 21.7. The number of benzene rings is 8. The van der Waals surface area contributed by atoms with E-state index in [-0.39, 0.29) is 5.41 Å². The molecule has 8 aromatic carbocycles. The van der Waals surface area contributed by atoms with E-state index in [1.165, 1.54) is 66.8 Å². The Morgan fingerprint density at radius 3 is 1.95 bits per heavy atom. The SMILES string of the molecule is C/C=C1\Cc2ccccc2C12c1ccccc1-c1cc3c(cc12)Oc1ccc(N(c2cccc(-c4ccccc4)c2)c2ccc(-c4ccccc4)cc2C2=CCCC=C2)cc1O3. The Labute approximate surface area is 363 Å². The molecule has 1 atom stereocenters. The number of ether oxygens (including phenoxy) is 2. The molecule has 296 valence electrons. The van der Waals surface area contributed by atoms with Gasteiger partial charge in [0.2, 0.25) is 0 Å². The summed E-state index contributed by atoms with van der Waals surface area (Å²) in [7, 11) is 0. The number of rotatable bonds is 6. The first-order valence-corrected chi connectivity index (χ1v) is 21.7. The van der Waals surface area contributed by atoms with Gasteiger partial charge in [-0.2, -0.15) is 0 Å². The molecular formula is C59H43NO2. The number of fused-ring (bicyclic) bond motifs is 9. The Hall–Kier alpha value is -7.62. The van der Waals surface area contributed by atoms with Crippen molar-refractivity contribution in [2.24, 2.45) is 0 Å². The Kier molecular flexibility index (Phi) is 8.50. The second kappa shape index (κ2) is 14.5. The maximum Gasteiger partial charge on any atom is 0.172 e.